The van der Waals surface area contributed by atoms with E-state index >= 15 is 0 Å². The normalized spacial score (nSPS) is 4.40. The third-order valence-electron chi connectivity index (χ3n) is 0.843. The first-order valence-corrected chi connectivity index (χ1v) is 2.88. The molecular formula is C10H7CrLiO3. The average molecular weight is 234 g/mol. The van der Waals surface area contributed by atoms with Gasteiger partial charge in [-0.3, -0.25) is 0 Å². The van der Waals surface area contributed by atoms with Crippen LogP contribution in [0, 0.1) is 26.9 Å². The predicted molar refractivity (Wildman–Crippen MR) is 42.7 cm³/mol. The third-order valence-corrected chi connectivity index (χ3v) is 0.843. The van der Waals surface area contributed by atoms with E-state index in [-0.39, 0.29) is 36.2 Å². The van der Waals surface area contributed by atoms with Crippen LogP contribution >= 0.6 is 0 Å². The van der Waals surface area contributed by atoms with Crippen LogP contribution in [0.1, 0.15) is 5.56 Å². The molecular weight excluding hydrogens is 227 g/mol. The minimum Gasteiger partial charge on any atom is -0.199 e. The van der Waals surface area contributed by atoms with E-state index in [4.69, 9.17) is 14.0 Å². The Morgan fingerprint density at radius 3 is 1.20 bits per heavy atom. The molecule has 15 heavy (non-hydrogen) atoms. The van der Waals surface area contributed by atoms with E-state index < -0.39 is 0 Å². The van der Waals surface area contributed by atoms with Gasteiger partial charge in [0.1, 0.15) is 0 Å². The Morgan fingerprint density at radius 2 is 1.07 bits per heavy atom. The molecule has 72 valence electrons. The summed E-state index contributed by atoms with van der Waals surface area (Å²) in [5.74, 6) is 0. The quantitative estimate of drug-likeness (QED) is 0.306. The van der Waals surface area contributed by atoms with E-state index in [0.29, 0.717) is 0 Å². The third kappa shape index (κ3) is 31.8. The Hall–Kier alpha value is -0.560. The number of hydrogen-bond donors (Lipinski definition) is 0. The van der Waals surface area contributed by atoms with Crippen LogP contribution < -0.4 is 18.9 Å². The van der Waals surface area contributed by atoms with Crippen LogP contribution in [-0.2, 0) is 31.3 Å². The van der Waals surface area contributed by atoms with Crippen LogP contribution in [0.5, 0.6) is 0 Å². The molecule has 3 nitrogen and oxygen atoms in total. The molecule has 0 spiro atoms. The molecule has 0 saturated carbocycles. The fourth-order valence-electron chi connectivity index (χ4n) is 0.478. The van der Waals surface area contributed by atoms with E-state index in [9.17, 15) is 0 Å². The van der Waals surface area contributed by atoms with Crippen LogP contribution in [-0.4, -0.2) is 0 Å². The van der Waals surface area contributed by atoms with Gasteiger partial charge in [0.25, 0.3) is 0 Å². The van der Waals surface area contributed by atoms with Gasteiger partial charge in [0.2, 0.25) is 0 Å². The van der Waals surface area contributed by atoms with E-state index in [0.717, 1.165) is 5.56 Å². The SMILES string of the molecule is [C-]#[O+].[C-]#[O+].[C-]#[O+].[CH2-]c1ccccc1.[Cr].[Li+]. The molecule has 1 aromatic rings. The molecule has 5 heteroatoms. The molecule has 0 bridgehead atoms. The first-order valence-electron chi connectivity index (χ1n) is 2.88. The van der Waals surface area contributed by atoms with Crippen LogP contribution in [0.25, 0.3) is 0 Å². The second-order valence-electron chi connectivity index (χ2n) is 1.49. The first kappa shape index (κ1) is 29.3. The van der Waals surface area contributed by atoms with Crippen molar-refractivity contribution in [2.45, 2.75) is 0 Å². The van der Waals surface area contributed by atoms with Gasteiger partial charge < -0.3 is 0 Å². The molecule has 0 aromatic heterocycles. The second kappa shape index (κ2) is 37.6. The van der Waals surface area contributed by atoms with E-state index in [1.165, 1.54) is 0 Å². The van der Waals surface area contributed by atoms with Gasteiger partial charge in [-0.25, -0.2) is 0 Å². The molecule has 1 aromatic carbocycles. The fourth-order valence-corrected chi connectivity index (χ4v) is 0.478. The van der Waals surface area contributed by atoms with Crippen molar-refractivity contribution in [3.8, 4) is 0 Å². The maximum Gasteiger partial charge on any atom is 1.00 e. The summed E-state index contributed by atoms with van der Waals surface area (Å²) in [6.45, 7) is 17.2. The summed E-state index contributed by atoms with van der Waals surface area (Å²) in [5.41, 5.74) is 1.07. The van der Waals surface area contributed by atoms with Gasteiger partial charge in [0.15, 0.2) is 0 Å². The zero-order valence-electron chi connectivity index (χ0n) is 8.23. The molecule has 0 aliphatic rings. The number of rotatable bonds is 0. The van der Waals surface area contributed by atoms with E-state index in [1.807, 2.05) is 30.3 Å². The van der Waals surface area contributed by atoms with Crippen molar-refractivity contribution in [2.24, 2.45) is 0 Å². The summed E-state index contributed by atoms with van der Waals surface area (Å²) in [7, 11) is 0. The van der Waals surface area contributed by atoms with Gasteiger partial charge >= 0.3 is 52.8 Å². The summed E-state index contributed by atoms with van der Waals surface area (Å²) >= 11 is 0. The Labute approximate surface area is 113 Å². The van der Waals surface area contributed by atoms with Gasteiger partial charge in [0.05, 0.1) is 0 Å². The van der Waals surface area contributed by atoms with Crippen LogP contribution in [0.3, 0.4) is 0 Å². The monoisotopic (exact) mass is 234 g/mol. The van der Waals surface area contributed by atoms with Gasteiger partial charge in [-0.05, 0) is 0 Å². The van der Waals surface area contributed by atoms with Crippen molar-refractivity contribution < 1.29 is 50.2 Å². The Kier molecular flexibility index (Phi) is 73.3. The first-order chi connectivity index (χ1) is 6.39. The maximum atomic E-state index is 7.50. The maximum absolute atomic E-state index is 7.50. The average Bonchev–Trinajstić information content (AvgIpc) is 2.28. The summed E-state index contributed by atoms with van der Waals surface area (Å²) in [6, 6.07) is 9.87. The van der Waals surface area contributed by atoms with Crippen molar-refractivity contribution in [2.75, 3.05) is 0 Å². The topological polar surface area (TPSA) is 59.7 Å². The molecule has 0 atom stereocenters. The van der Waals surface area contributed by atoms with Crippen molar-refractivity contribution in [1.29, 1.82) is 0 Å². The molecule has 0 saturated heterocycles. The Balaban J connectivity index is -0.0000000369. The molecule has 0 aliphatic carbocycles. The van der Waals surface area contributed by atoms with Crippen LogP contribution in [0.15, 0.2) is 30.3 Å². The van der Waals surface area contributed by atoms with E-state index in [2.05, 4.69) is 26.9 Å². The van der Waals surface area contributed by atoms with Crippen LogP contribution in [0.4, 0.5) is 0 Å². The van der Waals surface area contributed by atoms with Crippen molar-refractivity contribution in [3.05, 3.63) is 62.8 Å². The van der Waals surface area contributed by atoms with Crippen LogP contribution in [0.2, 0.25) is 0 Å². The van der Waals surface area contributed by atoms with Crippen molar-refractivity contribution >= 4 is 0 Å². The van der Waals surface area contributed by atoms with Gasteiger partial charge in [-0.1, -0.05) is 6.07 Å². The number of benzene rings is 1. The summed E-state index contributed by atoms with van der Waals surface area (Å²) < 4.78 is 22.5. The van der Waals surface area contributed by atoms with E-state index in [1.54, 1.807) is 0 Å². The summed E-state index contributed by atoms with van der Waals surface area (Å²) in [4.78, 5) is 0. The zero-order valence-corrected chi connectivity index (χ0v) is 9.50. The summed E-state index contributed by atoms with van der Waals surface area (Å²) in [6.07, 6.45) is 0. The molecule has 1 rings (SSSR count). The smallest absolute Gasteiger partial charge is 0.199 e. The molecule has 0 unspecified atom stereocenters. The molecule has 0 aliphatic heterocycles. The second-order valence-corrected chi connectivity index (χ2v) is 1.49. The van der Waals surface area contributed by atoms with Crippen molar-refractivity contribution in [3.63, 3.8) is 0 Å². The molecule has 0 heterocycles. The summed E-state index contributed by atoms with van der Waals surface area (Å²) in [5, 5.41) is 0. The zero-order chi connectivity index (χ0) is 11.1. The molecule has 0 radical (unpaired) electrons. The minimum atomic E-state index is 0. The number of hydrogen-bond acceptors (Lipinski definition) is 0. The Bertz CT molecular complexity index is 230. The van der Waals surface area contributed by atoms with Gasteiger partial charge in [-0.15, -0.1) is 12.1 Å². The standard InChI is InChI=1S/C7H7.3CO.Cr.Li/c1-7-5-3-2-4-6-7;3*1-2;;/h2-6H,1H2;;;;;/q-1;;;;;+1. The van der Waals surface area contributed by atoms with Gasteiger partial charge in [-0.2, -0.15) is 24.6 Å². The van der Waals surface area contributed by atoms with Gasteiger partial charge in [0, 0.05) is 17.4 Å². The minimum absolute atomic E-state index is 0. The molecule has 0 amide bonds. The Morgan fingerprint density at radius 1 is 0.800 bits per heavy atom. The van der Waals surface area contributed by atoms with Crippen molar-refractivity contribution in [1.82, 2.24) is 0 Å². The largest absolute Gasteiger partial charge is 1.00 e. The fraction of sp³-hybridized carbons (Fsp3) is 0. The predicted octanol–water partition coefficient (Wildman–Crippen LogP) is -1.24. The molecule has 0 fully saturated rings. The molecule has 0 N–H and O–H groups in total.